The van der Waals surface area contributed by atoms with Gasteiger partial charge < -0.3 is 10.1 Å². The Bertz CT molecular complexity index is 1160. The molecule has 3 aromatic rings. The highest BCUT2D eigenvalue weighted by molar-refractivity contribution is 9.10. The van der Waals surface area contributed by atoms with Gasteiger partial charge in [-0.05, 0) is 63.5 Å². The first kappa shape index (κ1) is 24.8. The second-order valence-corrected chi connectivity index (χ2v) is 8.56. The van der Waals surface area contributed by atoms with Gasteiger partial charge in [-0.3, -0.25) is 9.59 Å². The highest BCUT2D eigenvalue weighted by atomic mass is 79.9. The Hall–Kier alpha value is -2.87. The summed E-state index contributed by atoms with van der Waals surface area (Å²) in [6.07, 6.45) is 1.60. The predicted octanol–water partition coefficient (Wildman–Crippen LogP) is 5.61. The van der Waals surface area contributed by atoms with Crippen molar-refractivity contribution in [3.8, 4) is 5.75 Å². The number of ether oxygens (including phenoxy) is 1. The van der Waals surface area contributed by atoms with Gasteiger partial charge in [0.2, 0.25) is 5.91 Å². The van der Waals surface area contributed by atoms with Gasteiger partial charge >= 0.3 is 0 Å². The average molecular weight is 549 g/mol. The van der Waals surface area contributed by atoms with Crippen molar-refractivity contribution in [3.05, 3.63) is 97.9 Å². The van der Waals surface area contributed by atoms with E-state index in [1.807, 2.05) is 48.5 Å². The third-order valence-corrected chi connectivity index (χ3v) is 5.77. The number of hydrogen-bond donors (Lipinski definition) is 2. The van der Waals surface area contributed by atoms with Crippen LogP contribution in [0.5, 0.6) is 5.75 Å². The Morgan fingerprint density at radius 1 is 1.00 bits per heavy atom. The number of hydrogen-bond acceptors (Lipinski definition) is 4. The molecular weight excluding hydrogens is 529 g/mol. The second kappa shape index (κ2) is 12.4. The van der Waals surface area contributed by atoms with Gasteiger partial charge in [0.15, 0.2) is 0 Å². The lowest BCUT2D eigenvalue weighted by Gasteiger charge is -2.09. The minimum absolute atomic E-state index is 0.0698. The van der Waals surface area contributed by atoms with E-state index in [1.165, 1.54) is 12.3 Å². The first-order valence-electron chi connectivity index (χ1n) is 9.94. The number of carbonyl (C=O) groups excluding carboxylic acids is 2. The lowest BCUT2D eigenvalue weighted by atomic mass is 10.2. The molecule has 0 saturated heterocycles. The van der Waals surface area contributed by atoms with Crippen molar-refractivity contribution in [2.45, 2.75) is 13.0 Å². The molecule has 0 aliphatic rings. The van der Waals surface area contributed by atoms with Gasteiger partial charge in [0.25, 0.3) is 5.91 Å². The van der Waals surface area contributed by atoms with Crippen LogP contribution in [0.25, 0.3) is 0 Å². The zero-order valence-corrected chi connectivity index (χ0v) is 20.5. The zero-order valence-electron chi connectivity index (χ0n) is 17.4. The molecule has 0 fully saturated rings. The highest BCUT2D eigenvalue weighted by Gasteiger charge is 2.09. The minimum Gasteiger partial charge on any atom is -0.488 e. The molecule has 170 valence electrons. The van der Waals surface area contributed by atoms with E-state index in [9.17, 15) is 9.59 Å². The maximum absolute atomic E-state index is 12.1. The molecule has 33 heavy (non-hydrogen) atoms. The molecule has 0 aromatic heterocycles. The standard InChI is InChI=1S/C24H20BrCl2N3O3/c25-19-12-17(6-9-22(19)33-15-16-4-2-1-3-5-16)14-29-30-23(31)10-11-28-24(32)18-7-8-20(26)21(27)13-18/h1-9,12-14H,10-11,15H2,(H,28,32)(H,30,31). The van der Waals surface area contributed by atoms with Crippen LogP contribution in [0.15, 0.2) is 76.3 Å². The highest BCUT2D eigenvalue weighted by Crippen LogP contribution is 2.26. The molecule has 9 heteroatoms. The third kappa shape index (κ3) is 7.89. The molecule has 6 nitrogen and oxygen atoms in total. The van der Waals surface area contributed by atoms with Crippen LogP contribution in [-0.4, -0.2) is 24.6 Å². The van der Waals surface area contributed by atoms with Crippen LogP contribution < -0.4 is 15.5 Å². The normalized spacial score (nSPS) is 10.8. The Morgan fingerprint density at radius 3 is 2.52 bits per heavy atom. The number of nitrogens with one attached hydrogen (secondary N) is 2. The third-order valence-electron chi connectivity index (χ3n) is 4.42. The fourth-order valence-corrected chi connectivity index (χ4v) is 3.52. The van der Waals surface area contributed by atoms with Crippen molar-refractivity contribution < 1.29 is 14.3 Å². The monoisotopic (exact) mass is 547 g/mol. The zero-order chi connectivity index (χ0) is 23.6. The molecule has 3 rings (SSSR count). The lowest BCUT2D eigenvalue weighted by molar-refractivity contribution is -0.120. The number of rotatable bonds is 9. The molecule has 0 bridgehead atoms. The van der Waals surface area contributed by atoms with E-state index in [2.05, 4.69) is 31.8 Å². The van der Waals surface area contributed by atoms with E-state index in [1.54, 1.807) is 12.1 Å². The van der Waals surface area contributed by atoms with E-state index < -0.39 is 0 Å². The molecule has 2 amide bonds. The fourth-order valence-electron chi connectivity index (χ4n) is 2.71. The minimum atomic E-state index is -0.343. The van der Waals surface area contributed by atoms with Crippen molar-refractivity contribution in [2.24, 2.45) is 5.10 Å². The average Bonchev–Trinajstić information content (AvgIpc) is 2.81. The molecule has 3 aromatic carbocycles. The van der Waals surface area contributed by atoms with Crippen molar-refractivity contribution >= 4 is 57.2 Å². The maximum atomic E-state index is 12.1. The van der Waals surface area contributed by atoms with Gasteiger partial charge in [0, 0.05) is 18.5 Å². The van der Waals surface area contributed by atoms with E-state index in [0.29, 0.717) is 28.0 Å². The Morgan fingerprint density at radius 2 is 1.79 bits per heavy atom. The number of carbonyl (C=O) groups is 2. The van der Waals surface area contributed by atoms with Crippen LogP contribution in [0.3, 0.4) is 0 Å². The van der Waals surface area contributed by atoms with E-state index in [4.69, 9.17) is 27.9 Å². The Balaban J connectivity index is 1.41. The summed E-state index contributed by atoms with van der Waals surface area (Å²) in [5.41, 5.74) is 4.66. The summed E-state index contributed by atoms with van der Waals surface area (Å²) >= 11 is 15.2. The second-order valence-electron chi connectivity index (χ2n) is 6.89. The van der Waals surface area contributed by atoms with Crippen LogP contribution in [0.2, 0.25) is 10.0 Å². The summed E-state index contributed by atoms with van der Waals surface area (Å²) in [7, 11) is 0. The van der Waals surface area contributed by atoms with Crippen LogP contribution >= 0.6 is 39.1 Å². The fraction of sp³-hybridized carbons (Fsp3) is 0.125. The quantitative estimate of drug-likeness (QED) is 0.269. The molecule has 0 spiro atoms. The summed E-state index contributed by atoms with van der Waals surface area (Å²) < 4.78 is 6.60. The van der Waals surface area contributed by atoms with Gasteiger partial charge in [-0.25, -0.2) is 5.43 Å². The molecule has 2 N–H and O–H groups in total. The van der Waals surface area contributed by atoms with Gasteiger partial charge in [-0.15, -0.1) is 0 Å². The summed E-state index contributed by atoms with van der Waals surface area (Å²) in [4.78, 5) is 24.0. The van der Waals surface area contributed by atoms with Gasteiger partial charge in [0.1, 0.15) is 12.4 Å². The van der Waals surface area contributed by atoms with E-state index in [0.717, 1.165) is 15.6 Å². The molecule has 0 aliphatic heterocycles. The largest absolute Gasteiger partial charge is 0.488 e. The lowest BCUT2D eigenvalue weighted by Crippen LogP contribution is -2.29. The number of benzene rings is 3. The molecule has 0 unspecified atom stereocenters. The summed E-state index contributed by atoms with van der Waals surface area (Å²) in [5, 5.41) is 7.26. The molecule has 0 heterocycles. The van der Waals surface area contributed by atoms with Crippen LogP contribution in [0.4, 0.5) is 0 Å². The summed E-state index contributed by atoms with van der Waals surface area (Å²) in [6.45, 7) is 0.615. The van der Waals surface area contributed by atoms with Crippen LogP contribution in [-0.2, 0) is 11.4 Å². The van der Waals surface area contributed by atoms with E-state index in [-0.39, 0.29) is 24.8 Å². The molecule has 0 aliphatic carbocycles. The van der Waals surface area contributed by atoms with Gasteiger partial charge in [-0.1, -0.05) is 53.5 Å². The smallest absolute Gasteiger partial charge is 0.251 e. The van der Waals surface area contributed by atoms with Gasteiger partial charge in [0.05, 0.1) is 20.7 Å². The Kier molecular flexibility index (Phi) is 9.30. The first-order valence-corrected chi connectivity index (χ1v) is 11.5. The topological polar surface area (TPSA) is 79.8 Å². The number of amides is 2. The predicted molar refractivity (Wildman–Crippen MR) is 134 cm³/mol. The van der Waals surface area contributed by atoms with E-state index >= 15 is 0 Å². The SMILES string of the molecule is O=C(CCNC(=O)c1ccc(Cl)c(Cl)c1)NN=Cc1ccc(OCc2ccccc2)c(Br)c1. The molecular formula is C24H20BrCl2N3O3. The van der Waals surface area contributed by atoms with Crippen molar-refractivity contribution in [1.29, 1.82) is 0 Å². The molecule has 0 saturated carbocycles. The number of nitrogens with zero attached hydrogens (tertiary/aromatic N) is 1. The maximum Gasteiger partial charge on any atom is 0.251 e. The van der Waals surface area contributed by atoms with Crippen LogP contribution in [0.1, 0.15) is 27.9 Å². The van der Waals surface area contributed by atoms with Crippen LogP contribution in [0, 0.1) is 0 Å². The first-order chi connectivity index (χ1) is 15.9. The van der Waals surface area contributed by atoms with Gasteiger partial charge in [-0.2, -0.15) is 5.10 Å². The summed E-state index contributed by atoms with van der Waals surface area (Å²) in [6, 6.07) is 20.0. The Labute approximate surface area is 210 Å². The van der Waals surface area contributed by atoms with Crippen molar-refractivity contribution in [1.82, 2.24) is 10.7 Å². The van der Waals surface area contributed by atoms with Crippen molar-refractivity contribution in [3.63, 3.8) is 0 Å². The molecule has 0 atom stereocenters. The molecule has 0 radical (unpaired) electrons. The number of halogens is 3. The van der Waals surface area contributed by atoms with Crippen molar-refractivity contribution in [2.75, 3.05) is 6.54 Å². The summed E-state index contributed by atoms with van der Waals surface area (Å²) in [5.74, 6) is 0.0321. The number of hydrazone groups is 1.